The van der Waals surface area contributed by atoms with Crippen molar-refractivity contribution in [2.45, 2.75) is 33.7 Å². The Kier molecular flexibility index (Phi) is 5.27. The van der Waals surface area contributed by atoms with E-state index in [2.05, 4.69) is 29.4 Å². The first-order valence-electron chi connectivity index (χ1n) is 7.29. The molecule has 0 fully saturated rings. The van der Waals surface area contributed by atoms with E-state index in [4.69, 9.17) is 10.5 Å². The molecule has 0 aliphatic heterocycles. The van der Waals surface area contributed by atoms with Crippen molar-refractivity contribution in [1.82, 2.24) is 20.2 Å². The largest absolute Gasteiger partial charge is 0.398 e. The number of benzene rings is 1. The molecule has 6 heteroatoms. The number of nitrogens with two attached hydrogens (primary N) is 1. The van der Waals surface area contributed by atoms with Crippen LogP contribution in [0.1, 0.15) is 25.8 Å². The molecule has 0 aliphatic rings. The number of hydrogen-bond donors (Lipinski definition) is 1. The van der Waals surface area contributed by atoms with Crippen LogP contribution in [0.25, 0.3) is 11.4 Å². The maximum absolute atomic E-state index is 5.95. The molecule has 1 heterocycles. The molecule has 0 radical (unpaired) electrons. The van der Waals surface area contributed by atoms with Crippen molar-refractivity contribution in [2.75, 3.05) is 18.9 Å². The molecule has 0 atom stereocenters. The Morgan fingerprint density at radius 3 is 2.90 bits per heavy atom. The van der Waals surface area contributed by atoms with E-state index < -0.39 is 0 Å². The molecule has 114 valence electrons. The molecule has 0 bridgehead atoms. The van der Waals surface area contributed by atoms with Crippen molar-refractivity contribution in [3.05, 3.63) is 23.8 Å². The minimum atomic E-state index is 0.559. The van der Waals surface area contributed by atoms with Gasteiger partial charge in [-0.2, -0.15) is 0 Å². The molecule has 2 rings (SSSR count). The van der Waals surface area contributed by atoms with E-state index in [9.17, 15) is 0 Å². The quantitative estimate of drug-likeness (QED) is 0.625. The highest BCUT2D eigenvalue weighted by Gasteiger charge is 2.12. The average molecular weight is 289 g/mol. The molecule has 21 heavy (non-hydrogen) atoms. The molecule has 6 nitrogen and oxygen atoms in total. The lowest BCUT2D eigenvalue weighted by Crippen LogP contribution is -2.09. The van der Waals surface area contributed by atoms with Crippen LogP contribution in [-0.4, -0.2) is 33.4 Å². The number of tetrazole rings is 1. The highest BCUT2D eigenvalue weighted by molar-refractivity contribution is 5.67. The van der Waals surface area contributed by atoms with Crippen molar-refractivity contribution in [3.63, 3.8) is 0 Å². The summed E-state index contributed by atoms with van der Waals surface area (Å²) < 4.78 is 7.39. The van der Waals surface area contributed by atoms with Gasteiger partial charge in [-0.25, -0.2) is 4.68 Å². The Labute approximate surface area is 125 Å². The normalized spacial score (nSPS) is 11.2. The molecule has 0 unspecified atom stereocenters. The number of aryl methyl sites for hydroxylation is 1. The van der Waals surface area contributed by atoms with Crippen LogP contribution >= 0.6 is 0 Å². The molecular formula is C15H23N5O. The van der Waals surface area contributed by atoms with Gasteiger partial charge in [0.15, 0.2) is 5.82 Å². The monoisotopic (exact) mass is 289 g/mol. The summed E-state index contributed by atoms with van der Waals surface area (Å²) in [7, 11) is 0. The average Bonchev–Trinajstić information content (AvgIpc) is 2.89. The standard InChI is InChI=1S/C15H23N5O/c1-11(2)10-21-9-5-8-20-15(17-18-19-20)13-6-4-7-14(16)12(13)3/h4,6-7,11H,5,8-10,16H2,1-3H3. The van der Waals surface area contributed by atoms with E-state index in [1.165, 1.54) is 0 Å². The highest BCUT2D eigenvalue weighted by atomic mass is 16.5. The molecule has 0 saturated carbocycles. The second-order valence-corrected chi connectivity index (χ2v) is 5.57. The fourth-order valence-electron chi connectivity index (χ4n) is 2.08. The van der Waals surface area contributed by atoms with Gasteiger partial charge in [0.2, 0.25) is 0 Å². The number of anilines is 1. The first-order valence-corrected chi connectivity index (χ1v) is 7.29. The molecule has 2 N–H and O–H groups in total. The Hall–Kier alpha value is -1.95. The van der Waals surface area contributed by atoms with Crippen LogP contribution in [0.2, 0.25) is 0 Å². The second-order valence-electron chi connectivity index (χ2n) is 5.57. The lowest BCUT2D eigenvalue weighted by atomic mass is 10.1. The van der Waals surface area contributed by atoms with Gasteiger partial charge in [-0.1, -0.05) is 26.0 Å². The lowest BCUT2D eigenvalue weighted by molar-refractivity contribution is 0.105. The minimum Gasteiger partial charge on any atom is -0.398 e. The third-order valence-corrected chi connectivity index (χ3v) is 3.26. The number of ether oxygens (including phenoxy) is 1. The van der Waals surface area contributed by atoms with Crippen molar-refractivity contribution < 1.29 is 4.74 Å². The summed E-state index contributed by atoms with van der Waals surface area (Å²) >= 11 is 0. The second kappa shape index (κ2) is 7.17. The smallest absolute Gasteiger partial charge is 0.182 e. The Morgan fingerprint density at radius 1 is 1.33 bits per heavy atom. The first kappa shape index (κ1) is 15.4. The molecule has 1 aromatic heterocycles. The molecule has 0 aliphatic carbocycles. The zero-order valence-corrected chi connectivity index (χ0v) is 12.9. The molecule has 2 aromatic rings. The Bertz CT molecular complexity index is 579. The van der Waals surface area contributed by atoms with Gasteiger partial charge in [-0.15, -0.1) is 5.10 Å². The number of aromatic nitrogens is 4. The van der Waals surface area contributed by atoms with Gasteiger partial charge >= 0.3 is 0 Å². The fourth-order valence-corrected chi connectivity index (χ4v) is 2.08. The van der Waals surface area contributed by atoms with Crippen molar-refractivity contribution in [1.29, 1.82) is 0 Å². The third-order valence-electron chi connectivity index (χ3n) is 3.26. The molecule has 0 amide bonds. The SMILES string of the molecule is Cc1c(N)cccc1-c1nnnn1CCCOCC(C)C. The molecular weight excluding hydrogens is 266 g/mol. The van der Waals surface area contributed by atoms with Gasteiger partial charge in [0.1, 0.15) is 0 Å². The van der Waals surface area contributed by atoms with E-state index in [-0.39, 0.29) is 0 Å². The summed E-state index contributed by atoms with van der Waals surface area (Å²) in [5, 5.41) is 12.0. The molecule has 0 spiro atoms. The van der Waals surface area contributed by atoms with Gasteiger partial charge in [0, 0.05) is 31.0 Å². The highest BCUT2D eigenvalue weighted by Crippen LogP contribution is 2.24. The van der Waals surface area contributed by atoms with Crippen molar-refractivity contribution in [2.24, 2.45) is 5.92 Å². The van der Waals surface area contributed by atoms with Crippen LogP contribution in [0.3, 0.4) is 0 Å². The summed E-state index contributed by atoms with van der Waals surface area (Å²) in [4.78, 5) is 0. The summed E-state index contributed by atoms with van der Waals surface area (Å²) in [6.07, 6.45) is 0.881. The minimum absolute atomic E-state index is 0.559. The van der Waals surface area contributed by atoms with Crippen LogP contribution in [-0.2, 0) is 11.3 Å². The van der Waals surface area contributed by atoms with E-state index in [0.717, 1.165) is 42.2 Å². The third kappa shape index (κ3) is 4.01. The van der Waals surface area contributed by atoms with Gasteiger partial charge in [-0.05, 0) is 41.3 Å². The predicted octanol–water partition coefficient (Wildman–Crippen LogP) is 2.29. The first-order chi connectivity index (χ1) is 10.1. The Morgan fingerprint density at radius 2 is 2.14 bits per heavy atom. The van der Waals surface area contributed by atoms with Crippen LogP contribution < -0.4 is 5.73 Å². The molecule has 0 saturated heterocycles. The van der Waals surface area contributed by atoms with E-state index >= 15 is 0 Å². The molecule has 1 aromatic carbocycles. The van der Waals surface area contributed by atoms with Crippen molar-refractivity contribution in [3.8, 4) is 11.4 Å². The summed E-state index contributed by atoms with van der Waals surface area (Å²) in [6.45, 7) is 8.50. The summed E-state index contributed by atoms with van der Waals surface area (Å²) in [5.41, 5.74) is 8.68. The maximum atomic E-state index is 5.95. The topological polar surface area (TPSA) is 78.9 Å². The number of hydrogen-bond acceptors (Lipinski definition) is 5. The van der Waals surface area contributed by atoms with Crippen LogP contribution in [0.5, 0.6) is 0 Å². The zero-order chi connectivity index (χ0) is 15.2. The zero-order valence-electron chi connectivity index (χ0n) is 12.9. The predicted molar refractivity (Wildman–Crippen MR) is 82.7 cm³/mol. The number of nitrogens with zero attached hydrogens (tertiary/aromatic N) is 4. The number of rotatable bonds is 7. The van der Waals surface area contributed by atoms with E-state index in [1.807, 2.05) is 25.1 Å². The van der Waals surface area contributed by atoms with E-state index in [0.29, 0.717) is 12.5 Å². The van der Waals surface area contributed by atoms with E-state index in [1.54, 1.807) is 4.68 Å². The van der Waals surface area contributed by atoms with Crippen LogP contribution in [0.15, 0.2) is 18.2 Å². The van der Waals surface area contributed by atoms with Gasteiger partial charge in [-0.3, -0.25) is 0 Å². The van der Waals surface area contributed by atoms with Gasteiger partial charge in [0.05, 0.1) is 0 Å². The number of nitrogen functional groups attached to an aromatic ring is 1. The lowest BCUT2D eigenvalue weighted by Gasteiger charge is -2.09. The Balaban J connectivity index is 2.00. The van der Waals surface area contributed by atoms with Crippen molar-refractivity contribution >= 4 is 5.69 Å². The van der Waals surface area contributed by atoms with Gasteiger partial charge < -0.3 is 10.5 Å². The fraction of sp³-hybridized carbons (Fsp3) is 0.533. The van der Waals surface area contributed by atoms with Crippen LogP contribution in [0, 0.1) is 12.8 Å². The summed E-state index contributed by atoms with van der Waals surface area (Å²) in [6, 6.07) is 5.79. The summed E-state index contributed by atoms with van der Waals surface area (Å²) in [5.74, 6) is 1.31. The van der Waals surface area contributed by atoms with Crippen LogP contribution in [0.4, 0.5) is 5.69 Å². The maximum Gasteiger partial charge on any atom is 0.182 e. The van der Waals surface area contributed by atoms with Gasteiger partial charge in [0.25, 0.3) is 0 Å².